The number of rotatable bonds is 0. The third-order valence-corrected chi connectivity index (χ3v) is 10.8. The fourth-order valence-electron chi connectivity index (χ4n) is 10.7. The summed E-state index contributed by atoms with van der Waals surface area (Å²) in [4.78, 5) is 0. The van der Waals surface area contributed by atoms with Gasteiger partial charge in [0.2, 0.25) is 0 Å². The van der Waals surface area contributed by atoms with E-state index in [4.69, 9.17) is 0 Å². The molecule has 3 atom stereocenters. The zero-order chi connectivity index (χ0) is 14.7. The van der Waals surface area contributed by atoms with Gasteiger partial charge in [-0.05, 0) is 91.3 Å². The first-order chi connectivity index (χ1) is 10.7. The van der Waals surface area contributed by atoms with Crippen LogP contribution in [0, 0.1) is 27.1 Å². The molecule has 0 radical (unpaired) electrons. The van der Waals surface area contributed by atoms with Crippen molar-refractivity contribution in [1.29, 1.82) is 0 Å². The van der Waals surface area contributed by atoms with Gasteiger partial charge in [0.05, 0.1) is 0 Å². The number of hydrogen-bond acceptors (Lipinski definition) is 0. The van der Waals surface area contributed by atoms with Gasteiger partial charge in [0.1, 0.15) is 0 Å². The SMILES string of the molecule is C[C@@]12CCC[C@@]13CCC[C@]31CCC=C1C13CCCC12CCC3. The minimum absolute atomic E-state index is 0.677. The van der Waals surface area contributed by atoms with E-state index >= 15 is 0 Å². The molecule has 5 saturated carbocycles. The Balaban J connectivity index is 1.72. The Kier molecular flexibility index (Phi) is 2.11. The highest BCUT2D eigenvalue weighted by Gasteiger charge is 2.82. The molecular weight excluding hydrogens is 264 g/mol. The van der Waals surface area contributed by atoms with Crippen molar-refractivity contribution in [2.45, 2.75) is 96.8 Å². The predicted molar refractivity (Wildman–Crippen MR) is 90.6 cm³/mol. The van der Waals surface area contributed by atoms with E-state index < -0.39 is 0 Å². The van der Waals surface area contributed by atoms with Gasteiger partial charge in [-0.2, -0.15) is 0 Å². The van der Waals surface area contributed by atoms with Crippen LogP contribution in [0.3, 0.4) is 0 Å². The molecule has 0 amide bonds. The molecule has 0 heteroatoms. The van der Waals surface area contributed by atoms with Crippen LogP contribution in [0.2, 0.25) is 0 Å². The molecule has 0 N–H and O–H groups in total. The van der Waals surface area contributed by atoms with Gasteiger partial charge in [-0.1, -0.05) is 44.3 Å². The first-order valence-electron chi connectivity index (χ1n) is 10.4. The minimum Gasteiger partial charge on any atom is -0.0841 e. The first-order valence-corrected chi connectivity index (χ1v) is 10.4. The molecule has 120 valence electrons. The van der Waals surface area contributed by atoms with Crippen molar-refractivity contribution in [3.8, 4) is 0 Å². The van der Waals surface area contributed by atoms with Gasteiger partial charge in [-0.15, -0.1) is 0 Å². The Morgan fingerprint density at radius 1 is 0.636 bits per heavy atom. The summed E-state index contributed by atoms with van der Waals surface area (Å²) in [6, 6.07) is 0. The second kappa shape index (κ2) is 3.55. The highest BCUT2D eigenvalue weighted by Crippen LogP contribution is 2.90. The minimum atomic E-state index is 0.677. The molecule has 0 unspecified atom stereocenters. The third-order valence-electron chi connectivity index (χ3n) is 10.8. The van der Waals surface area contributed by atoms with E-state index in [1.807, 2.05) is 0 Å². The Bertz CT molecular complexity index is 569. The summed E-state index contributed by atoms with van der Waals surface area (Å²) in [7, 11) is 0. The molecular formula is C22H32. The van der Waals surface area contributed by atoms with E-state index in [1.165, 1.54) is 12.8 Å². The normalized spacial score (nSPS) is 61.4. The number of hydrogen-bond donors (Lipinski definition) is 0. The molecule has 0 nitrogen and oxygen atoms in total. The Labute approximate surface area is 136 Å². The zero-order valence-corrected chi connectivity index (χ0v) is 14.5. The Hall–Kier alpha value is -0.260. The Morgan fingerprint density at radius 3 is 1.73 bits per heavy atom. The van der Waals surface area contributed by atoms with E-state index in [9.17, 15) is 0 Å². The maximum absolute atomic E-state index is 2.83. The highest BCUT2D eigenvalue weighted by atomic mass is 14.9. The predicted octanol–water partition coefficient (Wildman–Crippen LogP) is 6.41. The van der Waals surface area contributed by atoms with Crippen molar-refractivity contribution in [2.24, 2.45) is 27.1 Å². The fraction of sp³-hybridized carbons (Fsp3) is 0.909. The van der Waals surface area contributed by atoms with Gasteiger partial charge in [-0.25, -0.2) is 0 Å². The van der Waals surface area contributed by atoms with Crippen molar-refractivity contribution < 1.29 is 0 Å². The molecule has 6 aliphatic carbocycles. The summed E-state index contributed by atoms with van der Waals surface area (Å²) in [6.45, 7) is 2.83. The molecule has 0 aromatic carbocycles. The van der Waals surface area contributed by atoms with Gasteiger partial charge in [0.15, 0.2) is 0 Å². The first kappa shape index (κ1) is 13.1. The van der Waals surface area contributed by atoms with Crippen LogP contribution in [0.15, 0.2) is 11.6 Å². The van der Waals surface area contributed by atoms with Crippen molar-refractivity contribution in [3.63, 3.8) is 0 Å². The Morgan fingerprint density at radius 2 is 1.14 bits per heavy atom. The second-order valence-electron chi connectivity index (χ2n) is 10.2. The quantitative estimate of drug-likeness (QED) is 0.453. The standard InChI is InChI=1S/C22H32/c1-18-8-3-13-21(18)14-4-10-19(21)9-2-7-17(19)20-11-5-15-22(18,20)16-6-12-20/h7H,2-6,8-16H2,1H3/t18-,19+,20?,21-,22?/m1/s1. The van der Waals surface area contributed by atoms with Crippen LogP contribution in [0.5, 0.6) is 0 Å². The monoisotopic (exact) mass is 296 g/mol. The van der Waals surface area contributed by atoms with Crippen molar-refractivity contribution >= 4 is 0 Å². The smallest absolute Gasteiger partial charge is 0.00176 e. The topological polar surface area (TPSA) is 0 Å². The summed E-state index contributed by atoms with van der Waals surface area (Å²) in [5, 5.41) is 0. The van der Waals surface area contributed by atoms with Crippen LogP contribution in [0.4, 0.5) is 0 Å². The van der Waals surface area contributed by atoms with Crippen LogP contribution in [-0.2, 0) is 0 Å². The van der Waals surface area contributed by atoms with Gasteiger partial charge < -0.3 is 0 Å². The zero-order valence-electron chi connectivity index (χ0n) is 14.5. The maximum atomic E-state index is 2.83. The van der Waals surface area contributed by atoms with Gasteiger partial charge in [0, 0.05) is 0 Å². The second-order valence-corrected chi connectivity index (χ2v) is 10.2. The van der Waals surface area contributed by atoms with Crippen LogP contribution in [0.25, 0.3) is 0 Å². The van der Waals surface area contributed by atoms with E-state index in [0.29, 0.717) is 16.2 Å². The van der Waals surface area contributed by atoms with Gasteiger partial charge in [-0.3, -0.25) is 0 Å². The average Bonchev–Trinajstić information content (AvgIpc) is 3.22. The highest BCUT2D eigenvalue weighted by molar-refractivity contribution is 5.45. The van der Waals surface area contributed by atoms with Crippen molar-refractivity contribution in [3.05, 3.63) is 11.6 Å². The lowest BCUT2D eigenvalue weighted by molar-refractivity contribution is -0.174. The molecule has 0 bridgehead atoms. The van der Waals surface area contributed by atoms with Crippen LogP contribution >= 0.6 is 0 Å². The molecule has 0 aromatic heterocycles. The summed E-state index contributed by atoms with van der Waals surface area (Å²) >= 11 is 0. The largest absolute Gasteiger partial charge is 0.0841 e. The van der Waals surface area contributed by atoms with Crippen LogP contribution in [-0.4, -0.2) is 0 Å². The molecule has 5 fully saturated rings. The van der Waals surface area contributed by atoms with E-state index in [0.717, 1.165) is 10.8 Å². The summed E-state index contributed by atoms with van der Waals surface area (Å²) in [5.74, 6) is 0. The molecule has 2 spiro atoms. The van der Waals surface area contributed by atoms with Gasteiger partial charge >= 0.3 is 0 Å². The van der Waals surface area contributed by atoms with E-state index in [2.05, 4.69) is 18.6 Å². The lowest BCUT2D eigenvalue weighted by atomic mass is 9.34. The third kappa shape index (κ3) is 0.921. The maximum Gasteiger partial charge on any atom is -0.00176 e. The molecule has 22 heavy (non-hydrogen) atoms. The van der Waals surface area contributed by atoms with E-state index in [-0.39, 0.29) is 0 Å². The molecule has 6 rings (SSSR count). The number of allylic oxidation sites excluding steroid dienone is 2. The summed E-state index contributed by atoms with van der Waals surface area (Å²) in [5.41, 5.74) is 5.56. The fourth-order valence-corrected chi connectivity index (χ4v) is 10.7. The van der Waals surface area contributed by atoms with Crippen LogP contribution < -0.4 is 0 Å². The lowest BCUT2D eigenvalue weighted by Crippen LogP contribution is -2.64. The van der Waals surface area contributed by atoms with E-state index in [1.54, 1.807) is 77.0 Å². The molecule has 0 heterocycles. The lowest BCUT2D eigenvalue weighted by Gasteiger charge is -2.70. The van der Waals surface area contributed by atoms with Crippen LogP contribution in [0.1, 0.15) is 96.8 Å². The van der Waals surface area contributed by atoms with Gasteiger partial charge in [0.25, 0.3) is 0 Å². The molecule has 0 aromatic rings. The summed E-state index contributed by atoms with van der Waals surface area (Å²) < 4.78 is 0. The van der Waals surface area contributed by atoms with Crippen molar-refractivity contribution in [2.75, 3.05) is 0 Å². The molecule has 0 saturated heterocycles. The molecule has 0 aliphatic heterocycles. The summed E-state index contributed by atoms with van der Waals surface area (Å²) in [6.07, 6.45) is 24.5. The van der Waals surface area contributed by atoms with Crippen molar-refractivity contribution in [1.82, 2.24) is 0 Å². The average molecular weight is 296 g/mol. The molecule has 6 aliphatic rings.